The molecule has 122 valence electrons. The minimum absolute atomic E-state index is 0.0220. The summed E-state index contributed by atoms with van der Waals surface area (Å²) >= 11 is 6.12. The fourth-order valence-electron chi connectivity index (χ4n) is 2.32. The molecule has 0 aliphatic rings. The molecule has 0 atom stereocenters. The molecular weight excluding hydrogens is 298 g/mol. The fraction of sp³-hybridized carbons (Fsp3) is 0.556. The van der Waals surface area contributed by atoms with Crippen molar-refractivity contribution in [1.29, 1.82) is 0 Å². The Balaban J connectivity index is 2.44. The van der Waals surface area contributed by atoms with Gasteiger partial charge in [-0.25, -0.2) is 0 Å². The molecule has 0 aliphatic carbocycles. The number of halogens is 1. The minimum Gasteiger partial charge on any atom is -0.326 e. The Hall–Kier alpha value is -1.35. The Morgan fingerprint density at radius 1 is 1.05 bits per heavy atom. The Kier molecular flexibility index (Phi) is 8.83. The summed E-state index contributed by atoms with van der Waals surface area (Å²) in [6, 6.07) is 5.70. The van der Waals surface area contributed by atoms with E-state index in [0.29, 0.717) is 30.1 Å². The van der Waals surface area contributed by atoms with Gasteiger partial charge in [0, 0.05) is 30.0 Å². The van der Waals surface area contributed by atoms with Crippen LogP contribution in [0, 0.1) is 0 Å². The van der Waals surface area contributed by atoms with Crippen LogP contribution in [0.1, 0.15) is 64.4 Å². The van der Waals surface area contributed by atoms with Crippen molar-refractivity contribution in [1.82, 2.24) is 0 Å². The highest BCUT2D eigenvalue weighted by atomic mass is 35.5. The highest BCUT2D eigenvalue weighted by Crippen LogP contribution is 2.21. The number of ketones is 1. The predicted octanol–water partition coefficient (Wildman–Crippen LogP) is 5.16. The number of anilines is 1. The molecule has 1 N–H and O–H groups in total. The van der Waals surface area contributed by atoms with Crippen molar-refractivity contribution in [3.63, 3.8) is 0 Å². The molecule has 1 aromatic rings. The lowest BCUT2D eigenvalue weighted by atomic mass is 10.0. The monoisotopic (exact) mass is 323 g/mol. The first-order valence-electron chi connectivity index (χ1n) is 8.16. The Morgan fingerprint density at radius 3 is 2.50 bits per heavy atom. The lowest BCUT2D eigenvalue weighted by Crippen LogP contribution is -2.10. The van der Waals surface area contributed by atoms with Gasteiger partial charge in [-0.2, -0.15) is 0 Å². The number of nitrogens with one attached hydrogen (secondary N) is 1. The molecule has 0 aliphatic heterocycles. The summed E-state index contributed by atoms with van der Waals surface area (Å²) in [7, 11) is 0. The summed E-state index contributed by atoms with van der Waals surface area (Å²) in [6.45, 7) is 3.88. The van der Waals surface area contributed by atoms with E-state index >= 15 is 0 Å². The molecule has 0 radical (unpaired) electrons. The number of aryl methyl sites for hydroxylation is 1. The van der Waals surface area contributed by atoms with E-state index in [4.69, 9.17) is 11.6 Å². The van der Waals surface area contributed by atoms with Gasteiger partial charge < -0.3 is 5.32 Å². The molecule has 1 aromatic carbocycles. The summed E-state index contributed by atoms with van der Waals surface area (Å²) in [5, 5.41) is 3.52. The number of carbonyl (C=O) groups is 2. The third-order valence-electron chi connectivity index (χ3n) is 3.53. The maximum Gasteiger partial charge on any atom is 0.224 e. The zero-order valence-corrected chi connectivity index (χ0v) is 14.3. The van der Waals surface area contributed by atoms with Crippen LogP contribution in [0.25, 0.3) is 0 Å². The number of benzene rings is 1. The third-order valence-corrected chi connectivity index (χ3v) is 3.75. The molecule has 22 heavy (non-hydrogen) atoms. The van der Waals surface area contributed by atoms with Crippen molar-refractivity contribution in [2.45, 2.75) is 65.2 Å². The summed E-state index contributed by atoms with van der Waals surface area (Å²) in [5.41, 5.74) is 1.89. The second kappa shape index (κ2) is 10.4. The average molecular weight is 324 g/mol. The Labute approximate surface area is 138 Å². The van der Waals surface area contributed by atoms with E-state index in [-0.39, 0.29) is 5.91 Å². The molecule has 0 heterocycles. The second-order valence-electron chi connectivity index (χ2n) is 5.60. The number of unbranched alkanes of at least 4 members (excludes halogenated alkanes) is 2. The molecule has 4 heteroatoms. The number of Topliss-reactive ketones (excluding diaryl/α,β-unsaturated/α-hetero) is 1. The molecule has 0 spiro atoms. The first kappa shape index (κ1) is 18.7. The van der Waals surface area contributed by atoms with Crippen LogP contribution in [-0.4, -0.2) is 11.7 Å². The number of rotatable bonds is 10. The fourth-order valence-corrected chi connectivity index (χ4v) is 2.58. The van der Waals surface area contributed by atoms with Crippen molar-refractivity contribution < 1.29 is 9.59 Å². The van der Waals surface area contributed by atoms with Gasteiger partial charge >= 0.3 is 0 Å². The molecule has 1 rings (SSSR count). The lowest BCUT2D eigenvalue weighted by molar-refractivity contribution is -0.119. The van der Waals surface area contributed by atoms with Crippen molar-refractivity contribution >= 4 is 29.0 Å². The summed E-state index contributed by atoms with van der Waals surface area (Å²) in [4.78, 5) is 22.9. The molecular formula is C18H26ClNO2. The summed E-state index contributed by atoms with van der Waals surface area (Å²) in [5.74, 6) is 0.359. The van der Waals surface area contributed by atoms with Gasteiger partial charge in [-0.15, -0.1) is 0 Å². The smallest absolute Gasteiger partial charge is 0.224 e. The van der Waals surface area contributed by atoms with Gasteiger partial charge in [-0.05, 0) is 49.4 Å². The van der Waals surface area contributed by atoms with E-state index in [2.05, 4.69) is 5.32 Å². The van der Waals surface area contributed by atoms with E-state index in [1.165, 1.54) is 0 Å². The van der Waals surface area contributed by atoms with Crippen molar-refractivity contribution in [2.75, 3.05) is 5.32 Å². The third kappa shape index (κ3) is 7.60. The largest absolute Gasteiger partial charge is 0.326 e. The van der Waals surface area contributed by atoms with E-state index in [1.807, 2.05) is 26.0 Å². The molecule has 0 unspecified atom stereocenters. The summed E-state index contributed by atoms with van der Waals surface area (Å²) in [6.07, 6.45) is 6.60. The number of hydrogen-bond donors (Lipinski definition) is 1. The minimum atomic E-state index is 0.0220. The SMILES string of the molecule is CCCC(=O)Nc1cc(Cl)cc(CCCCCC(=O)CC)c1. The van der Waals surface area contributed by atoms with Crippen LogP contribution in [0.5, 0.6) is 0 Å². The normalized spacial score (nSPS) is 10.5. The lowest BCUT2D eigenvalue weighted by Gasteiger charge is -2.08. The van der Waals surface area contributed by atoms with Gasteiger partial charge in [0.05, 0.1) is 0 Å². The van der Waals surface area contributed by atoms with Crippen LogP contribution in [-0.2, 0) is 16.0 Å². The predicted molar refractivity (Wildman–Crippen MR) is 92.5 cm³/mol. The van der Waals surface area contributed by atoms with Crippen LogP contribution in [0.3, 0.4) is 0 Å². The van der Waals surface area contributed by atoms with Gasteiger partial charge in [0.1, 0.15) is 5.78 Å². The zero-order chi connectivity index (χ0) is 16.4. The first-order chi connectivity index (χ1) is 10.5. The molecule has 0 aromatic heterocycles. The maximum atomic E-state index is 11.6. The van der Waals surface area contributed by atoms with Gasteiger partial charge in [0.25, 0.3) is 0 Å². The molecule has 0 saturated heterocycles. The summed E-state index contributed by atoms with van der Waals surface area (Å²) < 4.78 is 0. The van der Waals surface area contributed by atoms with Crippen LogP contribution >= 0.6 is 11.6 Å². The van der Waals surface area contributed by atoms with Crippen LogP contribution in [0.15, 0.2) is 18.2 Å². The van der Waals surface area contributed by atoms with Crippen LogP contribution < -0.4 is 5.32 Å². The highest BCUT2D eigenvalue weighted by Gasteiger charge is 2.04. The topological polar surface area (TPSA) is 46.2 Å². The molecule has 0 saturated carbocycles. The zero-order valence-electron chi connectivity index (χ0n) is 13.6. The van der Waals surface area contributed by atoms with Crippen molar-refractivity contribution in [3.8, 4) is 0 Å². The Morgan fingerprint density at radius 2 is 1.82 bits per heavy atom. The molecule has 1 amide bonds. The molecule has 3 nitrogen and oxygen atoms in total. The van der Waals surface area contributed by atoms with Gasteiger partial charge in [-0.1, -0.05) is 31.9 Å². The van der Waals surface area contributed by atoms with Crippen LogP contribution in [0.2, 0.25) is 5.02 Å². The maximum absolute atomic E-state index is 11.6. The van der Waals surface area contributed by atoms with E-state index in [0.717, 1.165) is 43.4 Å². The van der Waals surface area contributed by atoms with Crippen molar-refractivity contribution in [2.24, 2.45) is 0 Å². The van der Waals surface area contributed by atoms with Crippen LogP contribution in [0.4, 0.5) is 5.69 Å². The standard InChI is InChI=1S/C18H26ClNO2/c1-3-8-18(22)20-16-12-14(11-15(19)13-16)9-6-5-7-10-17(21)4-2/h11-13H,3-10H2,1-2H3,(H,20,22). The number of hydrogen-bond acceptors (Lipinski definition) is 2. The number of amides is 1. The Bertz CT molecular complexity index is 500. The van der Waals surface area contributed by atoms with E-state index in [9.17, 15) is 9.59 Å². The van der Waals surface area contributed by atoms with E-state index < -0.39 is 0 Å². The van der Waals surface area contributed by atoms with Gasteiger partial charge in [0.2, 0.25) is 5.91 Å². The van der Waals surface area contributed by atoms with Gasteiger partial charge in [-0.3, -0.25) is 9.59 Å². The molecule has 0 bridgehead atoms. The quantitative estimate of drug-likeness (QED) is 0.604. The van der Waals surface area contributed by atoms with Crippen molar-refractivity contribution in [3.05, 3.63) is 28.8 Å². The highest BCUT2D eigenvalue weighted by molar-refractivity contribution is 6.31. The van der Waals surface area contributed by atoms with E-state index in [1.54, 1.807) is 6.07 Å². The number of carbonyl (C=O) groups excluding carboxylic acids is 2. The average Bonchev–Trinajstić information content (AvgIpc) is 2.46. The molecule has 0 fully saturated rings. The van der Waals surface area contributed by atoms with Gasteiger partial charge in [0.15, 0.2) is 0 Å². The second-order valence-corrected chi connectivity index (χ2v) is 6.04. The first-order valence-corrected chi connectivity index (χ1v) is 8.54.